The van der Waals surface area contributed by atoms with Crippen LogP contribution >= 0.6 is 15.9 Å². The summed E-state index contributed by atoms with van der Waals surface area (Å²) in [6, 6.07) is 5.69. The average Bonchev–Trinajstić information content (AvgIpc) is 2.76. The smallest absolute Gasteiger partial charge is 0.295 e. The van der Waals surface area contributed by atoms with Crippen LogP contribution in [0.1, 0.15) is 41.8 Å². The van der Waals surface area contributed by atoms with Crippen molar-refractivity contribution in [1.29, 1.82) is 0 Å². The van der Waals surface area contributed by atoms with Gasteiger partial charge in [-0.05, 0) is 30.7 Å². The largest absolute Gasteiger partial charge is 0.319 e. The molecule has 0 bridgehead atoms. The maximum absolute atomic E-state index is 12.0. The van der Waals surface area contributed by atoms with E-state index in [0.717, 1.165) is 10.0 Å². The number of anilines is 1. The lowest BCUT2D eigenvalue weighted by molar-refractivity contribution is 0.101. The molecule has 1 amide bonds. The molecule has 1 aromatic carbocycles. The number of H-pyrrole nitrogens is 1. The summed E-state index contributed by atoms with van der Waals surface area (Å²) >= 11 is 3.39. The maximum Gasteiger partial charge on any atom is 0.295 e. The van der Waals surface area contributed by atoms with Crippen LogP contribution in [0.25, 0.3) is 0 Å². The molecule has 0 atom stereocenters. The number of aromatic amines is 1. The fourth-order valence-corrected chi connectivity index (χ4v) is 2.24. The number of aromatic nitrogens is 3. The second-order valence-corrected chi connectivity index (χ2v) is 5.59. The number of halogens is 1. The summed E-state index contributed by atoms with van der Waals surface area (Å²) in [4.78, 5) is 16.2. The topological polar surface area (TPSA) is 70.7 Å². The molecule has 0 aliphatic carbocycles. The van der Waals surface area contributed by atoms with Crippen molar-refractivity contribution >= 4 is 27.5 Å². The van der Waals surface area contributed by atoms with Crippen LogP contribution in [0.5, 0.6) is 0 Å². The van der Waals surface area contributed by atoms with E-state index in [0.29, 0.717) is 11.5 Å². The van der Waals surface area contributed by atoms with E-state index in [-0.39, 0.29) is 17.6 Å². The Labute approximate surface area is 120 Å². The number of hydrogen-bond donors (Lipinski definition) is 2. The van der Waals surface area contributed by atoms with E-state index < -0.39 is 0 Å². The van der Waals surface area contributed by atoms with E-state index in [2.05, 4.69) is 36.4 Å². The summed E-state index contributed by atoms with van der Waals surface area (Å²) in [6.07, 6.45) is 0. The molecule has 2 aromatic rings. The first-order valence-corrected chi connectivity index (χ1v) is 6.76. The quantitative estimate of drug-likeness (QED) is 0.911. The van der Waals surface area contributed by atoms with Crippen molar-refractivity contribution in [1.82, 2.24) is 15.2 Å². The Balaban J connectivity index is 2.15. The van der Waals surface area contributed by atoms with Gasteiger partial charge in [0.2, 0.25) is 5.82 Å². The maximum atomic E-state index is 12.0. The summed E-state index contributed by atoms with van der Waals surface area (Å²) in [5.74, 6) is 0.750. The zero-order chi connectivity index (χ0) is 14.0. The lowest BCUT2D eigenvalue weighted by Crippen LogP contribution is -2.14. The third-order valence-corrected chi connectivity index (χ3v) is 3.01. The minimum Gasteiger partial charge on any atom is -0.319 e. The number of carbonyl (C=O) groups is 1. The molecule has 0 saturated carbocycles. The van der Waals surface area contributed by atoms with E-state index in [1.54, 1.807) is 0 Å². The molecule has 0 unspecified atom stereocenters. The zero-order valence-electron chi connectivity index (χ0n) is 11.0. The molecule has 0 radical (unpaired) electrons. The lowest BCUT2D eigenvalue weighted by atomic mass is 10.2. The lowest BCUT2D eigenvalue weighted by Gasteiger charge is -2.04. The second kappa shape index (κ2) is 5.52. The fourth-order valence-electron chi connectivity index (χ4n) is 1.63. The molecule has 0 spiro atoms. The summed E-state index contributed by atoms with van der Waals surface area (Å²) in [5, 5.41) is 9.46. The Hall–Kier alpha value is -1.69. The van der Waals surface area contributed by atoms with Crippen molar-refractivity contribution in [2.24, 2.45) is 0 Å². The Morgan fingerprint density at radius 3 is 2.68 bits per heavy atom. The van der Waals surface area contributed by atoms with Gasteiger partial charge in [0.05, 0.1) is 0 Å². The molecule has 0 aliphatic heterocycles. The van der Waals surface area contributed by atoms with Gasteiger partial charge in [-0.1, -0.05) is 29.8 Å². The van der Waals surface area contributed by atoms with Gasteiger partial charge in [-0.25, -0.2) is 4.98 Å². The molecular weight excluding hydrogens is 308 g/mol. The molecule has 6 heteroatoms. The van der Waals surface area contributed by atoms with E-state index in [1.165, 1.54) is 0 Å². The van der Waals surface area contributed by atoms with Crippen LogP contribution in [0.2, 0.25) is 0 Å². The minimum atomic E-state index is -0.319. The van der Waals surface area contributed by atoms with E-state index >= 15 is 0 Å². The predicted molar refractivity (Wildman–Crippen MR) is 77.3 cm³/mol. The van der Waals surface area contributed by atoms with Gasteiger partial charge in [0.1, 0.15) is 5.82 Å². The van der Waals surface area contributed by atoms with E-state index in [9.17, 15) is 4.79 Å². The van der Waals surface area contributed by atoms with Gasteiger partial charge < -0.3 is 5.32 Å². The van der Waals surface area contributed by atoms with Crippen molar-refractivity contribution in [2.45, 2.75) is 26.7 Å². The Bertz CT molecular complexity index is 586. The standard InChI is InChI=1S/C13H15BrN4O/c1-7(2)11-16-12(18-17-11)13(19)15-10-5-8(3)4-9(14)6-10/h4-7H,1-3H3,(H,15,19)(H,16,17,18). The first kappa shape index (κ1) is 13.7. The summed E-state index contributed by atoms with van der Waals surface area (Å²) < 4.78 is 0.917. The van der Waals surface area contributed by atoms with Crippen LogP contribution < -0.4 is 5.32 Å². The molecule has 1 heterocycles. The number of rotatable bonds is 3. The van der Waals surface area contributed by atoms with Gasteiger partial charge in [0, 0.05) is 16.1 Å². The van der Waals surface area contributed by atoms with Crippen molar-refractivity contribution in [2.75, 3.05) is 5.32 Å². The van der Waals surface area contributed by atoms with Crippen LogP contribution in [0.4, 0.5) is 5.69 Å². The van der Waals surface area contributed by atoms with Gasteiger partial charge in [-0.2, -0.15) is 0 Å². The fraction of sp³-hybridized carbons (Fsp3) is 0.308. The molecule has 0 fully saturated rings. The first-order valence-electron chi connectivity index (χ1n) is 5.96. The molecule has 19 heavy (non-hydrogen) atoms. The summed E-state index contributed by atoms with van der Waals surface area (Å²) in [5.41, 5.74) is 1.77. The van der Waals surface area contributed by atoms with Crippen LogP contribution in [0, 0.1) is 6.92 Å². The predicted octanol–water partition coefficient (Wildman–Crippen LogP) is 3.25. The number of amides is 1. The highest BCUT2D eigenvalue weighted by Crippen LogP contribution is 2.19. The van der Waals surface area contributed by atoms with Gasteiger partial charge in [0.25, 0.3) is 5.91 Å². The first-order chi connectivity index (χ1) is 8.95. The molecule has 2 rings (SSSR count). The monoisotopic (exact) mass is 322 g/mol. The number of aryl methyl sites for hydroxylation is 1. The Kier molecular flexibility index (Phi) is 3.99. The minimum absolute atomic E-state index is 0.154. The molecule has 2 N–H and O–H groups in total. The summed E-state index contributed by atoms with van der Waals surface area (Å²) in [7, 11) is 0. The highest BCUT2D eigenvalue weighted by atomic mass is 79.9. The third-order valence-electron chi connectivity index (χ3n) is 2.55. The molecule has 0 saturated heterocycles. The van der Waals surface area contributed by atoms with Crippen LogP contribution in [0.15, 0.2) is 22.7 Å². The number of carbonyl (C=O) groups excluding carboxylic acids is 1. The SMILES string of the molecule is Cc1cc(Br)cc(NC(=O)c2n[nH]c(C(C)C)n2)c1. The zero-order valence-corrected chi connectivity index (χ0v) is 12.6. The number of benzene rings is 1. The van der Waals surface area contributed by atoms with Crippen molar-refractivity contribution < 1.29 is 4.79 Å². The van der Waals surface area contributed by atoms with Gasteiger partial charge in [-0.3, -0.25) is 9.89 Å². The highest BCUT2D eigenvalue weighted by Gasteiger charge is 2.14. The van der Waals surface area contributed by atoms with Crippen LogP contribution in [0.3, 0.4) is 0 Å². The van der Waals surface area contributed by atoms with Crippen molar-refractivity contribution in [3.8, 4) is 0 Å². The molecule has 5 nitrogen and oxygen atoms in total. The van der Waals surface area contributed by atoms with Gasteiger partial charge in [-0.15, -0.1) is 5.10 Å². The van der Waals surface area contributed by atoms with Gasteiger partial charge >= 0.3 is 0 Å². The Morgan fingerprint density at radius 2 is 2.11 bits per heavy atom. The highest BCUT2D eigenvalue weighted by molar-refractivity contribution is 9.10. The number of hydrogen-bond acceptors (Lipinski definition) is 3. The van der Waals surface area contributed by atoms with Crippen molar-refractivity contribution in [3.63, 3.8) is 0 Å². The van der Waals surface area contributed by atoms with Crippen molar-refractivity contribution in [3.05, 3.63) is 39.9 Å². The third kappa shape index (κ3) is 3.41. The number of nitrogens with zero attached hydrogens (tertiary/aromatic N) is 2. The molecule has 1 aromatic heterocycles. The second-order valence-electron chi connectivity index (χ2n) is 4.67. The number of nitrogens with one attached hydrogen (secondary N) is 2. The normalized spacial score (nSPS) is 10.8. The molecule has 0 aliphatic rings. The average molecular weight is 323 g/mol. The van der Waals surface area contributed by atoms with Gasteiger partial charge in [0.15, 0.2) is 0 Å². The molecular formula is C13H15BrN4O. The van der Waals surface area contributed by atoms with Crippen LogP contribution in [-0.2, 0) is 0 Å². The molecule has 100 valence electrons. The Morgan fingerprint density at radius 1 is 1.37 bits per heavy atom. The van der Waals surface area contributed by atoms with E-state index in [1.807, 2.05) is 39.0 Å². The van der Waals surface area contributed by atoms with Crippen LogP contribution in [-0.4, -0.2) is 21.1 Å². The summed E-state index contributed by atoms with van der Waals surface area (Å²) in [6.45, 7) is 5.93. The van der Waals surface area contributed by atoms with E-state index in [4.69, 9.17) is 0 Å².